The Morgan fingerprint density at radius 1 is 1.40 bits per heavy atom. The molecule has 0 bridgehead atoms. The van der Waals surface area contributed by atoms with E-state index in [1.807, 2.05) is 6.20 Å². The molecule has 2 heterocycles. The van der Waals surface area contributed by atoms with E-state index in [0.29, 0.717) is 12.6 Å². The van der Waals surface area contributed by atoms with E-state index >= 15 is 0 Å². The van der Waals surface area contributed by atoms with Crippen molar-refractivity contribution in [2.75, 3.05) is 24.5 Å². The highest BCUT2D eigenvalue weighted by Gasteiger charge is 2.13. The zero-order chi connectivity index (χ0) is 14.4. The maximum absolute atomic E-state index is 12.1. The second-order valence-electron chi connectivity index (χ2n) is 5.38. The van der Waals surface area contributed by atoms with Crippen LogP contribution < -0.4 is 15.8 Å². The van der Waals surface area contributed by atoms with Gasteiger partial charge in [-0.25, -0.2) is 4.68 Å². The number of rotatable bonds is 6. The first kappa shape index (κ1) is 15.0. The van der Waals surface area contributed by atoms with Crippen molar-refractivity contribution < 1.29 is 0 Å². The van der Waals surface area contributed by atoms with Crippen molar-refractivity contribution in [3.05, 3.63) is 22.6 Å². The number of nitrogens with one attached hydrogen (secondary N) is 1. The third-order valence-corrected chi connectivity index (χ3v) is 4.09. The summed E-state index contributed by atoms with van der Waals surface area (Å²) in [6, 6.07) is 2.24. The first-order valence-corrected chi connectivity index (χ1v) is 7.80. The van der Waals surface area contributed by atoms with Gasteiger partial charge >= 0.3 is 0 Å². The van der Waals surface area contributed by atoms with Gasteiger partial charge in [0, 0.05) is 31.7 Å². The number of anilines is 1. The molecule has 0 aliphatic carbocycles. The van der Waals surface area contributed by atoms with Crippen LogP contribution >= 0.6 is 0 Å². The Bertz CT molecular complexity index is 461. The van der Waals surface area contributed by atoms with Crippen molar-refractivity contribution in [1.82, 2.24) is 15.1 Å². The summed E-state index contributed by atoms with van der Waals surface area (Å²) in [5, 5.41) is 7.82. The largest absolute Gasteiger partial charge is 0.371 e. The molecule has 112 valence electrons. The predicted octanol–water partition coefficient (Wildman–Crippen LogP) is 1.62. The van der Waals surface area contributed by atoms with Gasteiger partial charge in [0.05, 0.1) is 11.9 Å². The highest BCUT2D eigenvalue weighted by atomic mass is 16.1. The molecule has 1 aromatic rings. The standard InChI is InChI=1S/C15H26N4O/c1-3-18(4-2)14-11-15(20)19(17-12-14)10-8-13-7-5-6-9-16-13/h11-13,16H,3-10H2,1-2H3. The van der Waals surface area contributed by atoms with Crippen LogP contribution in [-0.4, -0.2) is 35.5 Å². The lowest BCUT2D eigenvalue weighted by atomic mass is 10.0. The molecule has 1 atom stereocenters. The molecule has 1 aliphatic rings. The molecule has 20 heavy (non-hydrogen) atoms. The van der Waals surface area contributed by atoms with Gasteiger partial charge in [-0.1, -0.05) is 6.42 Å². The van der Waals surface area contributed by atoms with E-state index in [0.717, 1.165) is 31.7 Å². The molecule has 5 nitrogen and oxygen atoms in total. The van der Waals surface area contributed by atoms with Crippen molar-refractivity contribution in [3.8, 4) is 0 Å². The molecule has 1 aliphatic heterocycles. The molecule has 1 saturated heterocycles. The van der Waals surface area contributed by atoms with E-state index < -0.39 is 0 Å². The molecule has 0 saturated carbocycles. The first-order valence-electron chi connectivity index (χ1n) is 7.80. The van der Waals surface area contributed by atoms with E-state index in [9.17, 15) is 4.79 Å². The lowest BCUT2D eigenvalue weighted by Crippen LogP contribution is -2.36. The van der Waals surface area contributed by atoms with Crippen LogP contribution in [0.25, 0.3) is 0 Å². The minimum Gasteiger partial charge on any atom is -0.371 e. The van der Waals surface area contributed by atoms with Gasteiger partial charge < -0.3 is 10.2 Å². The maximum Gasteiger partial charge on any atom is 0.268 e. The zero-order valence-electron chi connectivity index (χ0n) is 12.6. The second-order valence-corrected chi connectivity index (χ2v) is 5.38. The minimum atomic E-state index is 0.00482. The van der Waals surface area contributed by atoms with Gasteiger partial charge in [-0.15, -0.1) is 0 Å². The first-order chi connectivity index (χ1) is 9.74. The highest BCUT2D eigenvalue weighted by molar-refractivity contribution is 5.42. The Balaban J connectivity index is 1.97. The van der Waals surface area contributed by atoms with Gasteiger partial charge in [-0.3, -0.25) is 4.79 Å². The molecule has 0 spiro atoms. The summed E-state index contributed by atoms with van der Waals surface area (Å²) in [6.45, 7) is 7.78. The molecule has 1 N–H and O–H groups in total. The van der Waals surface area contributed by atoms with Crippen molar-refractivity contribution >= 4 is 5.69 Å². The molecule has 1 fully saturated rings. The van der Waals surface area contributed by atoms with Crippen molar-refractivity contribution in [2.45, 2.75) is 52.1 Å². The lowest BCUT2D eigenvalue weighted by molar-refractivity contribution is 0.357. The number of hydrogen-bond donors (Lipinski definition) is 1. The van der Waals surface area contributed by atoms with Crippen LogP contribution in [0.4, 0.5) is 5.69 Å². The molecular weight excluding hydrogens is 252 g/mol. The summed E-state index contributed by atoms with van der Waals surface area (Å²) in [5.41, 5.74) is 0.928. The molecule has 1 unspecified atom stereocenters. The smallest absolute Gasteiger partial charge is 0.268 e. The number of piperidine rings is 1. The molecule has 5 heteroatoms. The number of aryl methyl sites for hydroxylation is 1. The Labute approximate surface area is 121 Å². The molecule has 0 amide bonds. The number of aromatic nitrogens is 2. The minimum absolute atomic E-state index is 0.00482. The van der Waals surface area contributed by atoms with E-state index in [1.165, 1.54) is 19.3 Å². The quantitative estimate of drug-likeness (QED) is 0.859. The fourth-order valence-corrected chi connectivity index (χ4v) is 2.80. The lowest BCUT2D eigenvalue weighted by Gasteiger charge is -2.23. The number of hydrogen-bond acceptors (Lipinski definition) is 4. The summed E-state index contributed by atoms with van der Waals surface area (Å²) in [7, 11) is 0. The predicted molar refractivity (Wildman–Crippen MR) is 82.3 cm³/mol. The van der Waals surface area contributed by atoms with Gasteiger partial charge in [-0.05, 0) is 39.7 Å². The Morgan fingerprint density at radius 3 is 2.80 bits per heavy atom. The highest BCUT2D eigenvalue weighted by Crippen LogP contribution is 2.11. The van der Waals surface area contributed by atoms with Crippen LogP contribution in [0.3, 0.4) is 0 Å². The summed E-state index contributed by atoms with van der Waals surface area (Å²) >= 11 is 0. The SMILES string of the molecule is CCN(CC)c1cnn(CCC2CCCCN2)c(=O)c1. The van der Waals surface area contributed by atoms with Gasteiger partial charge in [0.1, 0.15) is 0 Å². The van der Waals surface area contributed by atoms with Gasteiger partial charge in [-0.2, -0.15) is 5.10 Å². The summed E-state index contributed by atoms with van der Waals surface area (Å²) in [5.74, 6) is 0. The van der Waals surface area contributed by atoms with Gasteiger partial charge in [0.25, 0.3) is 5.56 Å². The van der Waals surface area contributed by atoms with Crippen LogP contribution in [0.2, 0.25) is 0 Å². The Hall–Kier alpha value is -1.36. The average molecular weight is 278 g/mol. The van der Waals surface area contributed by atoms with Crippen LogP contribution in [0.15, 0.2) is 17.1 Å². The molecule has 0 radical (unpaired) electrons. The molecule has 1 aromatic heterocycles. The second kappa shape index (κ2) is 7.43. The van der Waals surface area contributed by atoms with Crippen LogP contribution in [0, 0.1) is 0 Å². The molecule has 2 rings (SSSR count). The normalized spacial score (nSPS) is 19.0. The fraction of sp³-hybridized carbons (Fsp3) is 0.733. The van der Waals surface area contributed by atoms with Gasteiger partial charge in [0.2, 0.25) is 0 Å². The zero-order valence-corrected chi connectivity index (χ0v) is 12.6. The van der Waals surface area contributed by atoms with Crippen LogP contribution in [0.1, 0.15) is 39.5 Å². The average Bonchev–Trinajstić information content (AvgIpc) is 2.49. The van der Waals surface area contributed by atoms with Crippen LogP contribution in [0.5, 0.6) is 0 Å². The van der Waals surface area contributed by atoms with E-state index in [2.05, 4.69) is 29.2 Å². The molecular formula is C15H26N4O. The summed E-state index contributed by atoms with van der Waals surface area (Å²) in [6.07, 6.45) is 6.57. The molecule has 0 aromatic carbocycles. The van der Waals surface area contributed by atoms with Crippen LogP contribution in [-0.2, 0) is 6.54 Å². The topological polar surface area (TPSA) is 50.2 Å². The number of nitrogens with zero attached hydrogens (tertiary/aromatic N) is 3. The van der Waals surface area contributed by atoms with E-state index in [-0.39, 0.29) is 5.56 Å². The van der Waals surface area contributed by atoms with Crippen molar-refractivity contribution in [2.24, 2.45) is 0 Å². The van der Waals surface area contributed by atoms with Crippen molar-refractivity contribution in [3.63, 3.8) is 0 Å². The Morgan fingerprint density at radius 2 is 2.20 bits per heavy atom. The maximum atomic E-state index is 12.1. The fourth-order valence-electron chi connectivity index (χ4n) is 2.80. The third-order valence-electron chi connectivity index (χ3n) is 4.09. The Kier molecular flexibility index (Phi) is 5.59. The monoisotopic (exact) mass is 278 g/mol. The van der Waals surface area contributed by atoms with Crippen molar-refractivity contribution in [1.29, 1.82) is 0 Å². The van der Waals surface area contributed by atoms with Gasteiger partial charge in [0.15, 0.2) is 0 Å². The summed E-state index contributed by atoms with van der Waals surface area (Å²) in [4.78, 5) is 14.2. The summed E-state index contributed by atoms with van der Waals surface area (Å²) < 4.78 is 1.59. The van der Waals surface area contributed by atoms with E-state index in [1.54, 1.807) is 10.7 Å². The van der Waals surface area contributed by atoms with E-state index in [4.69, 9.17) is 0 Å². The third kappa shape index (κ3) is 3.82.